The van der Waals surface area contributed by atoms with Crippen LogP contribution in [0.2, 0.25) is 0 Å². The molecule has 2 aromatic rings. The molecule has 0 bridgehead atoms. The van der Waals surface area contributed by atoms with Gasteiger partial charge in [-0.15, -0.1) is 0 Å². The Morgan fingerprint density at radius 3 is 3.00 bits per heavy atom. The summed E-state index contributed by atoms with van der Waals surface area (Å²) in [6.07, 6.45) is 4.57. The van der Waals surface area contributed by atoms with E-state index in [9.17, 15) is 5.11 Å². The molecule has 0 spiro atoms. The first kappa shape index (κ1) is 12.3. The fraction of sp³-hybridized carbons (Fsp3) is 0.429. The van der Waals surface area contributed by atoms with Gasteiger partial charge in [-0.1, -0.05) is 6.07 Å². The van der Waals surface area contributed by atoms with Gasteiger partial charge in [-0.25, -0.2) is 0 Å². The van der Waals surface area contributed by atoms with Gasteiger partial charge in [-0.05, 0) is 24.6 Å². The first-order valence-electron chi connectivity index (χ1n) is 6.62. The molecule has 5 heteroatoms. The molecule has 0 unspecified atom stereocenters. The first-order valence-corrected chi connectivity index (χ1v) is 6.62. The van der Waals surface area contributed by atoms with Crippen LogP contribution in [-0.2, 0) is 19.6 Å². The second kappa shape index (κ2) is 5.50. The van der Waals surface area contributed by atoms with E-state index in [0.717, 1.165) is 31.7 Å². The lowest BCUT2D eigenvalue weighted by molar-refractivity contribution is 0.106. The Kier molecular flexibility index (Phi) is 3.57. The van der Waals surface area contributed by atoms with E-state index < -0.39 is 0 Å². The minimum absolute atomic E-state index is 0.170. The van der Waals surface area contributed by atoms with Crippen LogP contribution in [0.25, 0.3) is 0 Å². The summed E-state index contributed by atoms with van der Waals surface area (Å²) in [5.41, 5.74) is 2.24. The van der Waals surface area contributed by atoms with Gasteiger partial charge in [-0.3, -0.25) is 14.6 Å². The van der Waals surface area contributed by atoms with Gasteiger partial charge >= 0.3 is 0 Å². The van der Waals surface area contributed by atoms with Crippen LogP contribution in [0.1, 0.15) is 17.8 Å². The molecular weight excluding hydrogens is 240 g/mol. The summed E-state index contributed by atoms with van der Waals surface area (Å²) in [4.78, 5) is 6.65. The summed E-state index contributed by atoms with van der Waals surface area (Å²) >= 11 is 0. The molecule has 0 radical (unpaired) electrons. The van der Waals surface area contributed by atoms with Crippen molar-refractivity contribution in [3.63, 3.8) is 0 Å². The van der Waals surface area contributed by atoms with E-state index in [1.54, 1.807) is 0 Å². The molecule has 0 aliphatic carbocycles. The van der Waals surface area contributed by atoms with Crippen molar-refractivity contribution in [2.24, 2.45) is 0 Å². The van der Waals surface area contributed by atoms with Crippen LogP contribution in [-0.4, -0.2) is 37.4 Å². The second-order valence-electron chi connectivity index (χ2n) is 4.90. The summed E-state index contributed by atoms with van der Waals surface area (Å²) < 4.78 is 2.03. The smallest absolute Gasteiger partial charge is 0.0587 e. The normalized spacial score (nSPS) is 19.9. The Morgan fingerprint density at radius 1 is 1.26 bits per heavy atom. The molecule has 3 heterocycles. The number of hydrogen-bond acceptors (Lipinski definition) is 4. The minimum atomic E-state index is 0.170. The minimum Gasteiger partial charge on any atom is -0.395 e. The van der Waals surface area contributed by atoms with Crippen molar-refractivity contribution in [2.45, 2.75) is 32.1 Å². The van der Waals surface area contributed by atoms with E-state index in [1.807, 2.05) is 41.3 Å². The second-order valence-corrected chi connectivity index (χ2v) is 4.90. The molecule has 5 nitrogen and oxygen atoms in total. The number of aromatic nitrogens is 3. The zero-order valence-corrected chi connectivity index (χ0v) is 10.8. The molecule has 0 fully saturated rings. The third-order valence-corrected chi connectivity index (χ3v) is 3.66. The lowest BCUT2D eigenvalue weighted by atomic mass is 10.1. The van der Waals surface area contributed by atoms with E-state index in [4.69, 9.17) is 0 Å². The average molecular weight is 258 g/mol. The van der Waals surface area contributed by atoms with Gasteiger partial charge in [0.25, 0.3) is 0 Å². The topological polar surface area (TPSA) is 54.2 Å². The summed E-state index contributed by atoms with van der Waals surface area (Å²) in [5, 5.41) is 13.9. The maximum absolute atomic E-state index is 9.59. The van der Waals surface area contributed by atoms with Gasteiger partial charge in [0, 0.05) is 38.1 Å². The molecule has 0 saturated heterocycles. The average Bonchev–Trinajstić information content (AvgIpc) is 2.81. The Bertz CT molecular complexity index is 525. The highest BCUT2D eigenvalue weighted by Gasteiger charge is 2.23. The lowest BCUT2D eigenvalue weighted by Gasteiger charge is -2.27. The van der Waals surface area contributed by atoms with Crippen LogP contribution < -0.4 is 0 Å². The van der Waals surface area contributed by atoms with E-state index >= 15 is 0 Å². The van der Waals surface area contributed by atoms with E-state index in [-0.39, 0.29) is 12.6 Å². The molecule has 1 aliphatic heterocycles. The summed E-state index contributed by atoms with van der Waals surface area (Å²) in [5.74, 6) is 0. The monoisotopic (exact) mass is 258 g/mol. The Balaban J connectivity index is 1.81. The molecule has 1 N–H and O–H groups in total. The van der Waals surface area contributed by atoms with Crippen molar-refractivity contribution < 1.29 is 5.11 Å². The number of aliphatic hydroxyl groups is 1. The Morgan fingerprint density at radius 2 is 2.21 bits per heavy atom. The van der Waals surface area contributed by atoms with Gasteiger partial charge in [0.05, 0.1) is 18.0 Å². The van der Waals surface area contributed by atoms with E-state index in [0.29, 0.717) is 0 Å². The molecular formula is C14H18N4O. The fourth-order valence-electron chi connectivity index (χ4n) is 2.58. The molecule has 19 heavy (non-hydrogen) atoms. The number of nitrogens with zero attached hydrogens (tertiary/aromatic N) is 4. The largest absolute Gasteiger partial charge is 0.395 e. The quantitative estimate of drug-likeness (QED) is 0.894. The number of fused-ring (bicyclic) bond motifs is 1. The van der Waals surface area contributed by atoms with E-state index in [2.05, 4.69) is 15.0 Å². The number of pyridine rings is 1. The standard InChI is InChI=1S/C14H18N4O/c19-11-14-5-8-18-13(4-7-16-18)10-17(14)9-12-3-1-2-6-15-12/h1-4,6-7,14,19H,5,8-11H2/t14-/m1/s1. The number of hydrogen-bond donors (Lipinski definition) is 1. The number of aliphatic hydroxyl groups excluding tert-OH is 1. The van der Waals surface area contributed by atoms with Gasteiger partial charge in [0.2, 0.25) is 0 Å². The van der Waals surface area contributed by atoms with Crippen molar-refractivity contribution in [3.8, 4) is 0 Å². The molecule has 0 aromatic carbocycles. The molecule has 2 aromatic heterocycles. The summed E-state index contributed by atoms with van der Waals surface area (Å²) in [6.45, 7) is 2.61. The third-order valence-electron chi connectivity index (χ3n) is 3.66. The molecule has 100 valence electrons. The van der Waals surface area contributed by atoms with Crippen molar-refractivity contribution in [2.75, 3.05) is 6.61 Å². The van der Waals surface area contributed by atoms with Crippen LogP contribution >= 0.6 is 0 Å². The number of aryl methyl sites for hydroxylation is 1. The summed E-state index contributed by atoms with van der Waals surface area (Å²) in [7, 11) is 0. The van der Waals surface area contributed by atoms with Crippen LogP contribution in [0.5, 0.6) is 0 Å². The van der Waals surface area contributed by atoms with E-state index in [1.165, 1.54) is 5.69 Å². The Labute approximate surface area is 112 Å². The van der Waals surface area contributed by atoms with Gasteiger partial charge in [0.15, 0.2) is 0 Å². The highest BCUT2D eigenvalue weighted by molar-refractivity contribution is 5.06. The molecule has 0 amide bonds. The fourth-order valence-corrected chi connectivity index (χ4v) is 2.58. The molecule has 0 saturated carbocycles. The van der Waals surface area contributed by atoms with Crippen LogP contribution in [0.3, 0.4) is 0 Å². The van der Waals surface area contributed by atoms with Gasteiger partial charge in [-0.2, -0.15) is 5.10 Å². The predicted molar refractivity (Wildman–Crippen MR) is 71.2 cm³/mol. The maximum atomic E-state index is 9.59. The SMILES string of the molecule is OC[C@H]1CCn2nccc2CN1Cc1ccccn1. The van der Waals surface area contributed by atoms with Crippen molar-refractivity contribution in [3.05, 3.63) is 48.0 Å². The zero-order valence-electron chi connectivity index (χ0n) is 10.8. The van der Waals surface area contributed by atoms with Crippen LogP contribution in [0.15, 0.2) is 36.7 Å². The molecule has 1 aliphatic rings. The Hall–Kier alpha value is -1.72. The molecule has 3 rings (SSSR count). The predicted octanol–water partition coefficient (Wildman–Crippen LogP) is 1.04. The van der Waals surface area contributed by atoms with Gasteiger partial charge < -0.3 is 5.11 Å². The first-order chi connectivity index (χ1) is 9.36. The van der Waals surface area contributed by atoms with Crippen LogP contribution in [0.4, 0.5) is 0 Å². The highest BCUT2D eigenvalue weighted by Crippen LogP contribution is 2.18. The van der Waals surface area contributed by atoms with Crippen molar-refractivity contribution >= 4 is 0 Å². The van der Waals surface area contributed by atoms with Crippen LogP contribution in [0, 0.1) is 0 Å². The van der Waals surface area contributed by atoms with Crippen molar-refractivity contribution in [1.82, 2.24) is 19.7 Å². The van der Waals surface area contributed by atoms with Crippen molar-refractivity contribution in [1.29, 1.82) is 0 Å². The third kappa shape index (κ3) is 2.67. The summed E-state index contributed by atoms with van der Waals surface area (Å²) in [6, 6.07) is 8.16. The molecule has 1 atom stereocenters. The zero-order chi connectivity index (χ0) is 13.1. The van der Waals surface area contributed by atoms with Gasteiger partial charge in [0.1, 0.15) is 0 Å². The number of rotatable bonds is 3. The lowest BCUT2D eigenvalue weighted by Crippen LogP contribution is -2.36. The highest BCUT2D eigenvalue weighted by atomic mass is 16.3. The maximum Gasteiger partial charge on any atom is 0.0587 e.